The van der Waals surface area contributed by atoms with Crippen molar-refractivity contribution in [1.82, 2.24) is 0 Å². The molecule has 0 radical (unpaired) electrons. The summed E-state index contributed by atoms with van der Waals surface area (Å²) in [5.41, 5.74) is 2.75. The number of carbonyl (C=O) groups is 1. The van der Waals surface area contributed by atoms with Crippen LogP contribution in [0, 0.1) is 0 Å². The molecule has 20 heavy (non-hydrogen) atoms. The second kappa shape index (κ2) is 6.38. The molecule has 3 nitrogen and oxygen atoms in total. The standard InChI is InChI=1S/C17H14O3/c18-11-1-2-13-3-5-14(6-4-13)7-8-15-9-10-16(19)17(20)12-15/h1-12,19-20H/b2-1+,8-7+. The molecule has 0 fully saturated rings. The second-order valence-electron chi connectivity index (χ2n) is 4.24. The van der Waals surface area contributed by atoms with E-state index < -0.39 is 0 Å². The van der Waals surface area contributed by atoms with E-state index in [1.807, 2.05) is 36.4 Å². The van der Waals surface area contributed by atoms with Crippen molar-refractivity contribution >= 4 is 24.5 Å². The molecular weight excluding hydrogens is 252 g/mol. The fraction of sp³-hybridized carbons (Fsp3) is 0. The Balaban J connectivity index is 2.12. The van der Waals surface area contributed by atoms with E-state index >= 15 is 0 Å². The minimum absolute atomic E-state index is 0.131. The lowest BCUT2D eigenvalue weighted by Crippen LogP contribution is -1.76. The molecule has 0 saturated carbocycles. The zero-order valence-electron chi connectivity index (χ0n) is 10.7. The first-order chi connectivity index (χ1) is 9.69. The topological polar surface area (TPSA) is 57.5 Å². The molecule has 2 N–H and O–H groups in total. The maximum Gasteiger partial charge on any atom is 0.157 e. The number of benzene rings is 2. The summed E-state index contributed by atoms with van der Waals surface area (Å²) in [7, 11) is 0. The molecule has 0 aromatic heterocycles. The Morgan fingerprint density at radius 2 is 1.25 bits per heavy atom. The lowest BCUT2D eigenvalue weighted by Gasteiger charge is -1.99. The Bertz CT molecular complexity index is 652. The molecule has 0 spiro atoms. The van der Waals surface area contributed by atoms with Crippen molar-refractivity contribution < 1.29 is 15.0 Å². The third-order valence-electron chi connectivity index (χ3n) is 2.77. The van der Waals surface area contributed by atoms with Gasteiger partial charge < -0.3 is 10.2 Å². The summed E-state index contributed by atoms with van der Waals surface area (Å²) in [6, 6.07) is 12.3. The lowest BCUT2D eigenvalue weighted by atomic mass is 10.1. The number of phenols is 2. The van der Waals surface area contributed by atoms with Gasteiger partial charge in [0.1, 0.15) is 6.29 Å². The van der Waals surface area contributed by atoms with Gasteiger partial charge in [0.05, 0.1) is 0 Å². The van der Waals surface area contributed by atoms with Crippen LogP contribution in [0.5, 0.6) is 11.5 Å². The van der Waals surface area contributed by atoms with E-state index in [-0.39, 0.29) is 11.5 Å². The minimum Gasteiger partial charge on any atom is -0.504 e. The summed E-state index contributed by atoms with van der Waals surface area (Å²) >= 11 is 0. The van der Waals surface area contributed by atoms with Gasteiger partial charge in [-0.2, -0.15) is 0 Å². The summed E-state index contributed by atoms with van der Waals surface area (Å²) in [6.45, 7) is 0. The van der Waals surface area contributed by atoms with E-state index in [4.69, 9.17) is 0 Å². The molecule has 0 saturated heterocycles. The number of hydrogen-bond acceptors (Lipinski definition) is 3. The van der Waals surface area contributed by atoms with Crippen molar-refractivity contribution in [3.63, 3.8) is 0 Å². The number of allylic oxidation sites excluding steroid dienone is 1. The zero-order valence-corrected chi connectivity index (χ0v) is 10.7. The first-order valence-corrected chi connectivity index (χ1v) is 6.11. The predicted octanol–water partition coefficient (Wildman–Crippen LogP) is 3.48. The molecule has 0 aliphatic heterocycles. The number of hydrogen-bond donors (Lipinski definition) is 2. The van der Waals surface area contributed by atoms with Gasteiger partial charge in [0, 0.05) is 0 Å². The normalized spacial score (nSPS) is 11.2. The largest absolute Gasteiger partial charge is 0.504 e. The highest BCUT2D eigenvalue weighted by Gasteiger charge is 1.97. The van der Waals surface area contributed by atoms with Crippen molar-refractivity contribution in [3.8, 4) is 11.5 Å². The molecule has 2 rings (SSSR count). The first kappa shape index (κ1) is 13.6. The van der Waals surface area contributed by atoms with Crippen molar-refractivity contribution in [3.05, 3.63) is 65.2 Å². The highest BCUT2D eigenvalue weighted by Crippen LogP contribution is 2.25. The molecule has 0 aliphatic carbocycles. The average molecular weight is 266 g/mol. The van der Waals surface area contributed by atoms with Gasteiger partial charge in [-0.1, -0.05) is 48.6 Å². The number of aldehydes is 1. The molecular formula is C17H14O3. The minimum atomic E-state index is -0.138. The fourth-order valence-electron chi connectivity index (χ4n) is 1.71. The van der Waals surface area contributed by atoms with Crippen molar-refractivity contribution in [1.29, 1.82) is 0 Å². The van der Waals surface area contributed by atoms with Gasteiger partial charge in [-0.15, -0.1) is 0 Å². The molecule has 0 unspecified atom stereocenters. The predicted molar refractivity (Wildman–Crippen MR) is 80.2 cm³/mol. The van der Waals surface area contributed by atoms with Gasteiger partial charge in [-0.05, 0) is 34.9 Å². The monoisotopic (exact) mass is 266 g/mol. The van der Waals surface area contributed by atoms with E-state index in [0.717, 1.165) is 23.0 Å². The van der Waals surface area contributed by atoms with Crippen LogP contribution in [0.25, 0.3) is 18.2 Å². The number of phenolic OH excluding ortho intramolecular Hbond substituents is 2. The third-order valence-corrected chi connectivity index (χ3v) is 2.77. The fourth-order valence-corrected chi connectivity index (χ4v) is 1.71. The van der Waals surface area contributed by atoms with E-state index in [1.54, 1.807) is 12.1 Å². The van der Waals surface area contributed by atoms with Crippen LogP contribution in [0.2, 0.25) is 0 Å². The molecule has 2 aromatic carbocycles. The molecule has 0 bridgehead atoms. The molecule has 3 heteroatoms. The van der Waals surface area contributed by atoms with Crippen LogP contribution < -0.4 is 0 Å². The summed E-state index contributed by atoms with van der Waals surface area (Å²) in [5, 5.41) is 18.6. The van der Waals surface area contributed by atoms with Gasteiger partial charge in [-0.3, -0.25) is 4.79 Å². The smallest absolute Gasteiger partial charge is 0.157 e. The molecule has 0 amide bonds. The summed E-state index contributed by atoms with van der Waals surface area (Å²) in [5.74, 6) is -0.269. The second-order valence-corrected chi connectivity index (χ2v) is 4.24. The molecule has 0 aliphatic rings. The Morgan fingerprint density at radius 1 is 0.700 bits per heavy atom. The van der Waals surface area contributed by atoms with Crippen molar-refractivity contribution in [2.75, 3.05) is 0 Å². The van der Waals surface area contributed by atoms with Crippen LogP contribution >= 0.6 is 0 Å². The highest BCUT2D eigenvalue weighted by molar-refractivity contribution is 5.75. The molecule has 2 aromatic rings. The lowest BCUT2D eigenvalue weighted by molar-refractivity contribution is -0.104. The number of rotatable bonds is 4. The molecule has 0 atom stereocenters. The average Bonchev–Trinajstić information content (AvgIpc) is 2.47. The maximum atomic E-state index is 10.2. The first-order valence-electron chi connectivity index (χ1n) is 6.11. The van der Waals surface area contributed by atoms with Crippen LogP contribution in [0.4, 0.5) is 0 Å². The Hall–Kier alpha value is -2.81. The van der Waals surface area contributed by atoms with E-state index in [2.05, 4.69) is 0 Å². The van der Waals surface area contributed by atoms with E-state index in [0.29, 0.717) is 0 Å². The Labute approximate surface area is 117 Å². The third kappa shape index (κ3) is 3.59. The summed E-state index contributed by atoms with van der Waals surface area (Å²) in [6.07, 6.45) is 7.67. The van der Waals surface area contributed by atoms with Gasteiger partial charge in [-0.25, -0.2) is 0 Å². The SMILES string of the molecule is O=C/C=C/c1ccc(/C=C/c2ccc(O)c(O)c2)cc1. The molecule has 0 heterocycles. The quantitative estimate of drug-likeness (QED) is 0.385. The van der Waals surface area contributed by atoms with Gasteiger partial charge in [0.2, 0.25) is 0 Å². The van der Waals surface area contributed by atoms with Gasteiger partial charge >= 0.3 is 0 Å². The Kier molecular flexibility index (Phi) is 4.35. The van der Waals surface area contributed by atoms with Crippen LogP contribution in [-0.2, 0) is 4.79 Å². The van der Waals surface area contributed by atoms with Crippen LogP contribution in [0.3, 0.4) is 0 Å². The number of carbonyl (C=O) groups excluding carboxylic acids is 1. The Morgan fingerprint density at radius 3 is 1.85 bits per heavy atom. The van der Waals surface area contributed by atoms with E-state index in [1.165, 1.54) is 18.2 Å². The van der Waals surface area contributed by atoms with E-state index in [9.17, 15) is 15.0 Å². The van der Waals surface area contributed by atoms with Gasteiger partial charge in [0.25, 0.3) is 0 Å². The van der Waals surface area contributed by atoms with Crippen LogP contribution in [0.1, 0.15) is 16.7 Å². The number of aromatic hydroxyl groups is 2. The van der Waals surface area contributed by atoms with Crippen molar-refractivity contribution in [2.24, 2.45) is 0 Å². The van der Waals surface area contributed by atoms with Crippen molar-refractivity contribution in [2.45, 2.75) is 0 Å². The summed E-state index contributed by atoms with van der Waals surface area (Å²) < 4.78 is 0. The zero-order chi connectivity index (χ0) is 14.4. The highest BCUT2D eigenvalue weighted by atomic mass is 16.3. The van der Waals surface area contributed by atoms with Crippen LogP contribution in [0.15, 0.2) is 48.5 Å². The summed E-state index contributed by atoms with van der Waals surface area (Å²) in [4.78, 5) is 10.2. The van der Waals surface area contributed by atoms with Gasteiger partial charge in [0.15, 0.2) is 11.5 Å². The van der Waals surface area contributed by atoms with Crippen LogP contribution in [-0.4, -0.2) is 16.5 Å². The maximum absolute atomic E-state index is 10.2. The molecule has 100 valence electrons.